The number of nitrogens with zero attached hydrogens (tertiary/aromatic N) is 1. The van der Waals surface area contributed by atoms with Crippen molar-refractivity contribution in [2.45, 2.75) is 26.3 Å². The largest absolute Gasteiger partial charge is 0.480 e. The number of rotatable bonds is 5. The molecule has 0 saturated heterocycles. The molecule has 1 aromatic heterocycles. The molecule has 21 heavy (non-hydrogen) atoms. The Morgan fingerprint density at radius 2 is 2.00 bits per heavy atom. The van der Waals surface area contributed by atoms with E-state index in [9.17, 15) is 14.7 Å². The molecule has 2 atom stereocenters. The SMILES string of the molecule is CC[C@H](C)[C@H](NC(=O)c1cncc2ccccc12)C(=O)O. The van der Waals surface area contributed by atoms with Gasteiger partial charge in [0.25, 0.3) is 5.91 Å². The highest BCUT2D eigenvalue weighted by Crippen LogP contribution is 2.17. The van der Waals surface area contributed by atoms with Crippen molar-refractivity contribution in [1.82, 2.24) is 10.3 Å². The van der Waals surface area contributed by atoms with Gasteiger partial charge in [-0.25, -0.2) is 4.79 Å². The maximum atomic E-state index is 12.4. The van der Waals surface area contributed by atoms with Crippen LogP contribution in [0.25, 0.3) is 10.8 Å². The molecule has 1 aromatic carbocycles. The third-order valence-electron chi connectivity index (χ3n) is 3.68. The molecule has 0 fully saturated rings. The van der Waals surface area contributed by atoms with Crippen LogP contribution >= 0.6 is 0 Å². The average molecular weight is 286 g/mol. The standard InChI is InChI=1S/C16H18N2O3/c1-3-10(2)14(16(20)21)18-15(19)13-9-17-8-11-6-4-5-7-12(11)13/h4-10,14H,3H2,1-2H3,(H,18,19)(H,20,21)/t10-,14-/m0/s1. The Morgan fingerprint density at radius 1 is 1.29 bits per heavy atom. The number of fused-ring (bicyclic) bond motifs is 1. The zero-order chi connectivity index (χ0) is 15.4. The first-order valence-corrected chi connectivity index (χ1v) is 6.91. The number of pyridine rings is 1. The van der Waals surface area contributed by atoms with Crippen molar-refractivity contribution in [2.24, 2.45) is 5.92 Å². The third-order valence-corrected chi connectivity index (χ3v) is 3.68. The summed E-state index contributed by atoms with van der Waals surface area (Å²) >= 11 is 0. The highest BCUT2D eigenvalue weighted by molar-refractivity contribution is 6.07. The summed E-state index contributed by atoms with van der Waals surface area (Å²) in [6.45, 7) is 3.70. The Morgan fingerprint density at radius 3 is 2.67 bits per heavy atom. The van der Waals surface area contributed by atoms with E-state index in [1.807, 2.05) is 31.2 Å². The first kappa shape index (κ1) is 15.0. The summed E-state index contributed by atoms with van der Waals surface area (Å²) < 4.78 is 0. The van der Waals surface area contributed by atoms with Gasteiger partial charge in [-0.1, -0.05) is 44.5 Å². The number of carbonyl (C=O) groups is 2. The number of benzene rings is 1. The molecule has 2 aromatic rings. The Bertz CT molecular complexity index is 664. The van der Waals surface area contributed by atoms with Gasteiger partial charge >= 0.3 is 5.97 Å². The fraction of sp³-hybridized carbons (Fsp3) is 0.312. The molecule has 0 bridgehead atoms. The number of nitrogens with one attached hydrogen (secondary N) is 1. The molecule has 110 valence electrons. The van der Waals surface area contributed by atoms with Crippen LogP contribution < -0.4 is 5.32 Å². The van der Waals surface area contributed by atoms with Crippen LogP contribution in [-0.2, 0) is 4.79 Å². The summed E-state index contributed by atoms with van der Waals surface area (Å²) in [6, 6.07) is 6.49. The van der Waals surface area contributed by atoms with E-state index in [0.717, 1.165) is 10.8 Å². The molecule has 0 aliphatic rings. The van der Waals surface area contributed by atoms with Crippen LogP contribution in [0.3, 0.4) is 0 Å². The molecule has 0 unspecified atom stereocenters. The number of aromatic nitrogens is 1. The fourth-order valence-electron chi connectivity index (χ4n) is 2.20. The van der Waals surface area contributed by atoms with E-state index >= 15 is 0 Å². The van der Waals surface area contributed by atoms with Crippen molar-refractivity contribution in [1.29, 1.82) is 0 Å². The van der Waals surface area contributed by atoms with Crippen molar-refractivity contribution in [3.05, 3.63) is 42.2 Å². The number of aliphatic carboxylic acids is 1. The lowest BCUT2D eigenvalue weighted by Crippen LogP contribution is -2.45. The van der Waals surface area contributed by atoms with Gasteiger partial charge in [0.1, 0.15) is 6.04 Å². The minimum absolute atomic E-state index is 0.144. The number of hydrogen-bond acceptors (Lipinski definition) is 3. The molecule has 0 aliphatic carbocycles. The number of hydrogen-bond donors (Lipinski definition) is 2. The molecule has 2 rings (SSSR count). The normalized spacial score (nSPS) is 13.6. The van der Waals surface area contributed by atoms with Crippen LogP contribution in [0.2, 0.25) is 0 Å². The third kappa shape index (κ3) is 3.18. The van der Waals surface area contributed by atoms with Gasteiger partial charge in [-0.15, -0.1) is 0 Å². The van der Waals surface area contributed by atoms with Crippen LogP contribution in [0, 0.1) is 5.92 Å². The summed E-state index contributed by atoms with van der Waals surface area (Å²) in [4.78, 5) is 27.7. The van der Waals surface area contributed by atoms with Crippen LogP contribution in [0.4, 0.5) is 0 Å². The van der Waals surface area contributed by atoms with Crippen LogP contribution in [0.5, 0.6) is 0 Å². The van der Waals surface area contributed by atoms with Crippen LogP contribution in [-0.4, -0.2) is 28.0 Å². The lowest BCUT2D eigenvalue weighted by atomic mass is 9.98. The molecular formula is C16H18N2O3. The van der Waals surface area contributed by atoms with Crippen molar-refractivity contribution in [3.63, 3.8) is 0 Å². The minimum Gasteiger partial charge on any atom is -0.480 e. The highest BCUT2D eigenvalue weighted by atomic mass is 16.4. The fourth-order valence-corrected chi connectivity index (χ4v) is 2.20. The highest BCUT2D eigenvalue weighted by Gasteiger charge is 2.26. The quantitative estimate of drug-likeness (QED) is 0.885. The summed E-state index contributed by atoms with van der Waals surface area (Å²) in [5.41, 5.74) is 0.391. The van der Waals surface area contributed by atoms with Gasteiger partial charge in [0.15, 0.2) is 0 Å². The minimum atomic E-state index is -1.02. The van der Waals surface area contributed by atoms with Gasteiger partial charge in [-0.05, 0) is 11.3 Å². The van der Waals surface area contributed by atoms with E-state index in [0.29, 0.717) is 12.0 Å². The Hall–Kier alpha value is -2.43. The second kappa shape index (κ2) is 6.35. The molecule has 2 N–H and O–H groups in total. The van der Waals surface area contributed by atoms with Crippen molar-refractivity contribution >= 4 is 22.6 Å². The Kier molecular flexibility index (Phi) is 4.52. The molecule has 0 radical (unpaired) electrons. The van der Waals surface area contributed by atoms with E-state index in [1.54, 1.807) is 13.1 Å². The predicted molar refractivity (Wildman–Crippen MR) is 80.1 cm³/mol. The molecule has 5 nitrogen and oxygen atoms in total. The molecule has 5 heteroatoms. The molecule has 1 amide bonds. The van der Waals surface area contributed by atoms with Gasteiger partial charge in [-0.3, -0.25) is 9.78 Å². The Balaban J connectivity index is 2.32. The van der Waals surface area contributed by atoms with E-state index in [2.05, 4.69) is 10.3 Å². The molecule has 0 aliphatic heterocycles. The zero-order valence-corrected chi connectivity index (χ0v) is 12.0. The monoisotopic (exact) mass is 286 g/mol. The number of amides is 1. The van der Waals surface area contributed by atoms with Gasteiger partial charge < -0.3 is 10.4 Å². The predicted octanol–water partition coefficient (Wildman–Crippen LogP) is 2.46. The lowest BCUT2D eigenvalue weighted by Gasteiger charge is -2.20. The molecular weight excluding hydrogens is 268 g/mol. The zero-order valence-electron chi connectivity index (χ0n) is 12.0. The topological polar surface area (TPSA) is 79.3 Å². The van der Waals surface area contributed by atoms with Gasteiger partial charge in [-0.2, -0.15) is 0 Å². The maximum Gasteiger partial charge on any atom is 0.326 e. The first-order chi connectivity index (χ1) is 10.0. The van der Waals surface area contributed by atoms with E-state index in [4.69, 9.17) is 0 Å². The summed E-state index contributed by atoms with van der Waals surface area (Å²) in [7, 11) is 0. The molecule has 0 saturated carbocycles. The molecule has 0 spiro atoms. The summed E-state index contributed by atoms with van der Waals surface area (Å²) in [6.07, 6.45) is 3.81. The maximum absolute atomic E-state index is 12.4. The smallest absolute Gasteiger partial charge is 0.326 e. The lowest BCUT2D eigenvalue weighted by molar-refractivity contribution is -0.140. The van der Waals surface area contributed by atoms with Crippen molar-refractivity contribution in [2.75, 3.05) is 0 Å². The second-order valence-corrected chi connectivity index (χ2v) is 5.08. The van der Waals surface area contributed by atoms with Crippen molar-refractivity contribution < 1.29 is 14.7 Å². The van der Waals surface area contributed by atoms with Crippen molar-refractivity contribution in [3.8, 4) is 0 Å². The van der Waals surface area contributed by atoms with Crippen LogP contribution in [0.1, 0.15) is 30.6 Å². The Labute approximate surface area is 123 Å². The summed E-state index contributed by atoms with van der Waals surface area (Å²) in [5.74, 6) is -1.58. The van der Waals surface area contributed by atoms with E-state index < -0.39 is 17.9 Å². The van der Waals surface area contributed by atoms with E-state index in [1.165, 1.54) is 6.20 Å². The second-order valence-electron chi connectivity index (χ2n) is 5.08. The number of carbonyl (C=O) groups excluding carboxylic acids is 1. The number of carboxylic acids is 1. The average Bonchev–Trinajstić information content (AvgIpc) is 2.50. The molecule has 1 heterocycles. The van der Waals surface area contributed by atoms with E-state index in [-0.39, 0.29) is 5.92 Å². The number of carboxylic acid groups (broad SMARTS) is 1. The van der Waals surface area contributed by atoms with Gasteiger partial charge in [0.2, 0.25) is 0 Å². The first-order valence-electron chi connectivity index (χ1n) is 6.91. The van der Waals surface area contributed by atoms with Gasteiger partial charge in [0, 0.05) is 17.8 Å². The van der Waals surface area contributed by atoms with Gasteiger partial charge in [0.05, 0.1) is 5.56 Å². The summed E-state index contributed by atoms with van der Waals surface area (Å²) in [5, 5.41) is 13.5. The van der Waals surface area contributed by atoms with Crippen LogP contribution in [0.15, 0.2) is 36.7 Å².